The van der Waals surface area contributed by atoms with Crippen molar-refractivity contribution < 1.29 is 43.5 Å². The fourth-order valence-electron chi connectivity index (χ4n) is 1.17. The van der Waals surface area contributed by atoms with Gasteiger partial charge in [0.1, 0.15) is 5.15 Å². The third-order valence-corrected chi connectivity index (χ3v) is 3.51. The molecule has 0 fully saturated rings. The summed E-state index contributed by atoms with van der Waals surface area (Å²) in [6.45, 7) is 0. The predicted molar refractivity (Wildman–Crippen MR) is 71.7 cm³/mol. The van der Waals surface area contributed by atoms with Crippen molar-refractivity contribution in [3.8, 4) is 0 Å². The molecule has 20 heavy (non-hydrogen) atoms. The number of benzene rings is 1. The number of rotatable bonds is 3. The fraction of sp³-hybridized carbons (Fsp3) is 0. The van der Waals surface area contributed by atoms with Gasteiger partial charge in [0.25, 0.3) is 0 Å². The third kappa shape index (κ3) is 4.89. The van der Waals surface area contributed by atoms with Crippen LogP contribution in [0.15, 0.2) is 41.3 Å². The number of hydrogen-bond donors (Lipinski definition) is 1. The van der Waals surface area contributed by atoms with Crippen LogP contribution in [-0.4, -0.2) is 24.1 Å². The van der Waals surface area contributed by atoms with Gasteiger partial charge in [-0.25, -0.2) is 13.5 Å². The van der Waals surface area contributed by atoms with E-state index in [2.05, 4.69) is 14.9 Å². The van der Waals surface area contributed by atoms with Crippen LogP contribution in [0.25, 0.3) is 4.72 Å². The van der Waals surface area contributed by atoms with Gasteiger partial charge < -0.3 is 21.0 Å². The van der Waals surface area contributed by atoms with E-state index < -0.39 is 10.0 Å². The molecule has 2 aromatic rings. The van der Waals surface area contributed by atoms with Crippen LogP contribution in [0.1, 0.15) is 0 Å². The minimum Gasteiger partial charge on any atom is -0.412 e. The van der Waals surface area contributed by atoms with Crippen LogP contribution in [0.3, 0.4) is 0 Å². The van der Waals surface area contributed by atoms with E-state index in [4.69, 9.17) is 17.3 Å². The average Bonchev–Trinajstić information content (AvgIpc) is 2.32. The number of anilines is 1. The van der Waals surface area contributed by atoms with Crippen LogP contribution in [0.4, 0.5) is 11.5 Å². The second-order valence-electron chi connectivity index (χ2n) is 3.35. The molecule has 2 rings (SSSR count). The Bertz CT molecular complexity index is 649. The van der Waals surface area contributed by atoms with Gasteiger partial charge in [-0.15, -0.1) is 0 Å². The maximum atomic E-state index is 11.9. The van der Waals surface area contributed by atoms with Crippen molar-refractivity contribution in [2.45, 2.75) is 4.90 Å². The smallest absolute Gasteiger partial charge is 0.412 e. The summed E-state index contributed by atoms with van der Waals surface area (Å²) in [5.41, 5.74) is 5.95. The quantitative estimate of drug-likeness (QED) is 0.530. The summed E-state index contributed by atoms with van der Waals surface area (Å²) in [6, 6.07) is 8.48. The van der Waals surface area contributed by atoms with Crippen molar-refractivity contribution in [3.05, 3.63) is 46.3 Å². The fourth-order valence-corrected chi connectivity index (χ4v) is 2.20. The molecule has 7 nitrogen and oxygen atoms in total. The van der Waals surface area contributed by atoms with Gasteiger partial charge in [-0.2, -0.15) is 0 Å². The van der Waals surface area contributed by atoms with Gasteiger partial charge in [0.2, 0.25) is 10.0 Å². The minimum atomic E-state index is -3.82. The van der Waals surface area contributed by atoms with Crippen LogP contribution >= 0.6 is 11.6 Å². The second kappa shape index (κ2) is 7.77. The zero-order chi connectivity index (χ0) is 13.2. The van der Waals surface area contributed by atoms with E-state index in [1.165, 1.54) is 36.4 Å². The molecule has 0 unspecified atom stereocenters. The molecule has 0 aliphatic heterocycles. The number of nitrogens with zero attached hydrogens (tertiary/aromatic N) is 3. The van der Waals surface area contributed by atoms with Crippen LogP contribution in [0, 0.1) is 0 Å². The van der Waals surface area contributed by atoms with Gasteiger partial charge in [-0.1, -0.05) is 17.7 Å². The van der Waals surface area contributed by atoms with Crippen molar-refractivity contribution in [3.63, 3.8) is 0 Å². The van der Waals surface area contributed by atoms with E-state index >= 15 is 0 Å². The largest absolute Gasteiger partial charge is 1.00 e. The first-order valence-electron chi connectivity index (χ1n) is 4.80. The van der Waals surface area contributed by atoms with Crippen molar-refractivity contribution in [2.24, 2.45) is 0 Å². The normalized spacial score (nSPS) is 10.1. The number of nitrogens with two attached hydrogens (primary N) is 1. The summed E-state index contributed by atoms with van der Waals surface area (Å²) in [7, 11) is -3.82. The van der Waals surface area contributed by atoms with Gasteiger partial charge in [0.15, 0.2) is 0 Å². The summed E-state index contributed by atoms with van der Waals surface area (Å²) < 4.78 is 27.3. The Balaban J connectivity index is 0.00000180. The van der Waals surface area contributed by atoms with Crippen molar-refractivity contribution in [1.82, 2.24) is 10.2 Å². The SMILES string of the molecule is Nc1ccc(S(=O)(=O)[N-]c2ccc(Cl)nn2)cc1.O.[Na+]. The average molecular weight is 325 g/mol. The van der Waals surface area contributed by atoms with E-state index in [-0.39, 0.29) is 50.9 Å². The van der Waals surface area contributed by atoms with Crippen LogP contribution in [-0.2, 0) is 10.0 Å². The molecule has 102 valence electrons. The van der Waals surface area contributed by atoms with Crippen molar-refractivity contribution in [2.75, 3.05) is 5.73 Å². The topological polar surface area (TPSA) is 132 Å². The predicted octanol–water partition coefficient (Wildman–Crippen LogP) is -1.71. The molecular formula is C10H10ClN4NaO3S. The summed E-state index contributed by atoms with van der Waals surface area (Å²) >= 11 is 5.54. The van der Waals surface area contributed by atoms with E-state index in [9.17, 15) is 8.42 Å². The molecule has 1 aromatic carbocycles. The Kier molecular flexibility index (Phi) is 7.42. The Morgan fingerprint density at radius 1 is 1.05 bits per heavy atom. The Morgan fingerprint density at radius 3 is 2.15 bits per heavy atom. The van der Waals surface area contributed by atoms with Crippen LogP contribution in [0.5, 0.6) is 0 Å². The molecule has 1 heterocycles. The van der Waals surface area contributed by atoms with E-state index in [0.29, 0.717) is 5.69 Å². The molecule has 0 radical (unpaired) electrons. The molecule has 4 N–H and O–H groups in total. The first-order chi connectivity index (χ1) is 8.47. The van der Waals surface area contributed by atoms with E-state index in [0.717, 1.165) is 0 Å². The van der Waals surface area contributed by atoms with Crippen molar-refractivity contribution >= 4 is 33.1 Å². The monoisotopic (exact) mass is 324 g/mol. The molecule has 0 spiro atoms. The zero-order valence-corrected chi connectivity index (χ0v) is 14.1. The molecule has 0 atom stereocenters. The molecule has 10 heteroatoms. The van der Waals surface area contributed by atoms with E-state index in [1.807, 2.05) is 0 Å². The molecule has 0 saturated carbocycles. The molecule has 1 aromatic heterocycles. The Morgan fingerprint density at radius 2 is 1.65 bits per heavy atom. The summed E-state index contributed by atoms with van der Waals surface area (Å²) in [6.07, 6.45) is 0. The third-order valence-electron chi connectivity index (χ3n) is 2.01. The summed E-state index contributed by atoms with van der Waals surface area (Å²) in [5, 5.41) is 7.23. The summed E-state index contributed by atoms with van der Waals surface area (Å²) in [5.74, 6) is -0.0313. The minimum absolute atomic E-state index is 0. The van der Waals surface area contributed by atoms with Gasteiger partial charge >= 0.3 is 29.6 Å². The molecule has 0 bridgehead atoms. The standard InChI is InChI=1S/C10H8ClN4O2S.Na.H2O/c11-9-5-6-10(14-13-9)15-18(16,17)8-3-1-7(12)2-4-8;;/h1-6H,12H2;;1H2/q-1;+1;. The second-order valence-corrected chi connectivity index (χ2v) is 5.34. The molecule has 0 saturated heterocycles. The number of hydrogen-bond acceptors (Lipinski definition) is 5. The zero-order valence-electron chi connectivity index (χ0n) is 10.5. The van der Waals surface area contributed by atoms with Gasteiger partial charge in [-0.05, 0) is 36.1 Å². The Labute approximate surface area is 143 Å². The molecular weight excluding hydrogens is 315 g/mol. The maximum Gasteiger partial charge on any atom is 1.00 e. The van der Waals surface area contributed by atoms with Crippen molar-refractivity contribution in [1.29, 1.82) is 0 Å². The van der Waals surface area contributed by atoms with Gasteiger partial charge in [-0.3, -0.25) is 0 Å². The molecule has 0 aliphatic rings. The van der Waals surface area contributed by atoms with Gasteiger partial charge in [0, 0.05) is 5.69 Å². The number of sulfonamides is 1. The molecule has 0 aliphatic carbocycles. The summed E-state index contributed by atoms with van der Waals surface area (Å²) in [4.78, 5) is 0.0356. The number of nitrogen functional groups attached to an aromatic ring is 1. The van der Waals surface area contributed by atoms with E-state index in [1.54, 1.807) is 0 Å². The molecule has 0 amide bonds. The first-order valence-corrected chi connectivity index (χ1v) is 6.62. The van der Waals surface area contributed by atoms with Crippen LogP contribution < -0.4 is 35.3 Å². The number of aromatic nitrogens is 2. The van der Waals surface area contributed by atoms with Gasteiger partial charge in [0.05, 0.1) is 4.90 Å². The number of halogens is 1. The first kappa shape index (κ1) is 19.1. The Hall–Kier alpha value is -0.900. The maximum absolute atomic E-state index is 11.9. The van der Waals surface area contributed by atoms with Crippen LogP contribution in [0.2, 0.25) is 5.15 Å².